The highest BCUT2D eigenvalue weighted by Gasteiger charge is 2.30. The lowest BCUT2D eigenvalue weighted by molar-refractivity contribution is 0.317. The van der Waals surface area contributed by atoms with Gasteiger partial charge in [0.05, 0.1) is 11.4 Å². The lowest BCUT2D eigenvalue weighted by Gasteiger charge is -2.23. The molecule has 1 aliphatic rings. The molecule has 0 amide bonds. The second-order valence-corrected chi connectivity index (χ2v) is 8.92. The number of benzene rings is 1. The smallest absolute Gasteiger partial charge is 0.193 e. The van der Waals surface area contributed by atoms with E-state index in [-0.39, 0.29) is 24.0 Å². The van der Waals surface area contributed by atoms with Gasteiger partial charge in [-0.25, -0.2) is 8.42 Å². The Labute approximate surface area is 168 Å². The van der Waals surface area contributed by atoms with Gasteiger partial charge < -0.3 is 15.0 Å². The summed E-state index contributed by atoms with van der Waals surface area (Å²) in [6.07, 6.45) is 2.36. The van der Waals surface area contributed by atoms with Crippen molar-refractivity contribution < 1.29 is 13.2 Å². The molecule has 1 heterocycles. The first kappa shape index (κ1) is 22.0. The van der Waals surface area contributed by atoms with Crippen LogP contribution in [0.15, 0.2) is 34.2 Å². The zero-order chi connectivity index (χ0) is 17.8. The summed E-state index contributed by atoms with van der Waals surface area (Å²) < 4.78 is 28.5. The molecule has 142 valence electrons. The molecule has 0 unspecified atom stereocenters. The van der Waals surface area contributed by atoms with E-state index in [9.17, 15) is 8.42 Å². The first-order valence-electron chi connectivity index (χ1n) is 8.10. The molecule has 8 heteroatoms. The van der Waals surface area contributed by atoms with Gasteiger partial charge in [0.2, 0.25) is 0 Å². The number of guanidine groups is 1. The van der Waals surface area contributed by atoms with Crippen LogP contribution in [-0.4, -0.2) is 58.8 Å². The van der Waals surface area contributed by atoms with Crippen molar-refractivity contribution in [3.63, 3.8) is 0 Å². The Balaban J connectivity index is 0.00000312. The average Bonchev–Trinajstić information content (AvgIpc) is 2.87. The number of nitrogens with one attached hydrogen (secondary N) is 1. The summed E-state index contributed by atoms with van der Waals surface area (Å²) in [5.41, 5.74) is 0.329. The van der Waals surface area contributed by atoms with Crippen LogP contribution in [0.3, 0.4) is 0 Å². The standard InChI is InChI=1S/C17H27N3O3S.HI/c1-17(2)9-11-20(13-17)16(18-3)19-10-12-23-14-5-7-15(8-6-14)24(4,21)22;/h5-8H,9-13H2,1-4H3,(H,18,19);1H. The van der Waals surface area contributed by atoms with Crippen LogP contribution in [0.5, 0.6) is 5.75 Å². The van der Waals surface area contributed by atoms with Gasteiger partial charge >= 0.3 is 0 Å². The van der Waals surface area contributed by atoms with E-state index in [1.807, 2.05) is 0 Å². The van der Waals surface area contributed by atoms with E-state index in [4.69, 9.17) is 4.74 Å². The van der Waals surface area contributed by atoms with E-state index >= 15 is 0 Å². The fourth-order valence-electron chi connectivity index (χ4n) is 2.74. The van der Waals surface area contributed by atoms with Crippen molar-refractivity contribution in [3.8, 4) is 5.75 Å². The van der Waals surface area contributed by atoms with Crippen molar-refractivity contribution in [2.75, 3.05) is 39.5 Å². The predicted octanol–water partition coefficient (Wildman–Crippen LogP) is 2.39. The molecule has 0 radical (unpaired) electrons. The highest BCUT2D eigenvalue weighted by Crippen LogP contribution is 2.28. The van der Waals surface area contributed by atoms with Gasteiger partial charge in [0, 0.05) is 26.4 Å². The Morgan fingerprint density at radius 1 is 1.32 bits per heavy atom. The number of aliphatic imine (C=N–C) groups is 1. The van der Waals surface area contributed by atoms with Crippen molar-refractivity contribution in [2.45, 2.75) is 25.2 Å². The Morgan fingerprint density at radius 2 is 1.96 bits per heavy atom. The minimum atomic E-state index is -3.17. The largest absolute Gasteiger partial charge is 0.492 e. The van der Waals surface area contributed by atoms with E-state index in [0.717, 1.165) is 25.5 Å². The summed E-state index contributed by atoms with van der Waals surface area (Å²) in [6.45, 7) is 7.67. The lowest BCUT2D eigenvalue weighted by Crippen LogP contribution is -2.42. The molecule has 0 aromatic heterocycles. The predicted molar refractivity (Wildman–Crippen MR) is 112 cm³/mol. The second-order valence-electron chi connectivity index (χ2n) is 6.90. The average molecular weight is 481 g/mol. The third-order valence-electron chi connectivity index (χ3n) is 4.09. The van der Waals surface area contributed by atoms with E-state index in [1.165, 1.54) is 6.26 Å². The molecule has 1 aromatic carbocycles. The summed E-state index contributed by atoms with van der Waals surface area (Å²) in [6, 6.07) is 6.47. The number of rotatable bonds is 5. The van der Waals surface area contributed by atoms with Crippen LogP contribution >= 0.6 is 24.0 Å². The summed E-state index contributed by atoms with van der Waals surface area (Å²) in [5.74, 6) is 1.55. The Bertz CT molecular complexity index is 688. The van der Waals surface area contributed by atoms with Gasteiger partial charge in [-0.15, -0.1) is 24.0 Å². The number of halogens is 1. The van der Waals surface area contributed by atoms with E-state index in [0.29, 0.717) is 29.2 Å². The van der Waals surface area contributed by atoms with Gasteiger partial charge in [-0.05, 0) is 36.1 Å². The van der Waals surface area contributed by atoms with Crippen molar-refractivity contribution in [1.82, 2.24) is 10.2 Å². The topological polar surface area (TPSA) is 71.0 Å². The van der Waals surface area contributed by atoms with Crippen LogP contribution in [-0.2, 0) is 9.84 Å². The third-order valence-corrected chi connectivity index (χ3v) is 5.22. The summed E-state index contributed by atoms with van der Waals surface area (Å²) in [5, 5.41) is 3.31. The van der Waals surface area contributed by atoms with Gasteiger partial charge in [0.25, 0.3) is 0 Å². The number of hydrogen-bond donors (Lipinski definition) is 1. The zero-order valence-electron chi connectivity index (χ0n) is 15.3. The van der Waals surface area contributed by atoms with Gasteiger partial charge in [0.1, 0.15) is 12.4 Å². The second kappa shape index (κ2) is 9.07. The first-order valence-corrected chi connectivity index (χ1v) is 9.99. The van der Waals surface area contributed by atoms with Crippen LogP contribution < -0.4 is 10.1 Å². The Morgan fingerprint density at radius 3 is 2.44 bits per heavy atom. The molecule has 25 heavy (non-hydrogen) atoms. The van der Waals surface area contributed by atoms with Gasteiger partial charge in [-0.3, -0.25) is 4.99 Å². The molecule has 0 bridgehead atoms. The van der Waals surface area contributed by atoms with Gasteiger partial charge in [-0.2, -0.15) is 0 Å². The monoisotopic (exact) mass is 481 g/mol. The third kappa shape index (κ3) is 6.65. The molecule has 2 rings (SSSR count). The minimum absolute atomic E-state index is 0. The fourth-order valence-corrected chi connectivity index (χ4v) is 3.37. The van der Waals surface area contributed by atoms with Gasteiger partial charge in [-0.1, -0.05) is 13.8 Å². The normalized spacial score (nSPS) is 17.1. The number of sulfone groups is 1. The molecule has 6 nitrogen and oxygen atoms in total. The molecule has 0 atom stereocenters. The molecular formula is C17H28IN3O3S. The molecular weight excluding hydrogens is 453 g/mol. The zero-order valence-corrected chi connectivity index (χ0v) is 18.4. The Hall–Kier alpha value is -1.03. The molecule has 1 aromatic rings. The number of ether oxygens (including phenoxy) is 1. The highest BCUT2D eigenvalue weighted by molar-refractivity contribution is 14.0. The molecule has 0 aliphatic carbocycles. The van der Waals surface area contributed by atoms with Crippen molar-refractivity contribution in [2.24, 2.45) is 10.4 Å². The maximum absolute atomic E-state index is 11.4. The summed E-state index contributed by atoms with van der Waals surface area (Å²) >= 11 is 0. The summed E-state index contributed by atoms with van der Waals surface area (Å²) in [7, 11) is -1.38. The minimum Gasteiger partial charge on any atom is -0.492 e. The number of nitrogens with zero attached hydrogens (tertiary/aromatic N) is 2. The van der Waals surface area contributed by atoms with Crippen LogP contribution in [0.4, 0.5) is 0 Å². The molecule has 1 saturated heterocycles. The SMILES string of the molecule is CN=C(NCCOc1ccc(S(C)(=O)=O)cc1)N1CCC(C)(C)C1.I. The van der Waals surface area contributed by atoms with Crippen LogP contribution in [0.2, 0.25) is 0 Å². The maximum atomic E-state index is 11.4. The van der Waals surface area contributed by atoms with E-state index in [1.54, 1.807) is 31.3 Å². The first-order chi connectivity index (χ1) is 11.2. The molecule has 0 saturated carbocycles. The number of likely N-dealkylation sites (tertiary alicyclic amines) is 1. The van der Waals surface area contributed by atoms with Crippen molar-refractivity contribution in [1.29, 1.82) is 0 Å². The quantitative estimate of drug-likeness (QED) is 0.303. The molecule has 0 spiro atoms. The van der Waals surface area contributed by atoms with E-state index < -0.39 is 9.84 Å². The molecule has 1 fully saturated rings. The highest BCUT2D eigenvalue weighted by atomic mass is 127. The molecule has 1 N–H and O–H groups in total. The maximum Gasteiger partial charge on any atom is 0.193 e. The van der Waals surface area contributed by atoms with Crippen molar-refractivity contribution >= 4 is 39.8 Å². The van der Waals surface area contributed by atoms with Crippen LogP contribution in [0.1, 0.15) is 20.3 Å². The fraction of sp³-hybridized carbons (Fsp3) is 0.588. The Kier molecular flexibility index (Phi) is 7.98. The molecule has 1 aliphatic heterocycles. The van der Waals surface area contributed by atoms with Crippen LogP contribution in [0.25, 0.3) is 0 Å². The summed E-state index contributed by atoms with van der Waals surface area (Å²) in [4.78, 5) is 6.89. The van der Waals surface area contributed by atoms with Crippen molar-refractivity contribution in [3.05, 3.63) is 24.3 Å². The number of hydrogen-bond acceptors (Lipinski definition) is 4. The van der Waals surface area contributed by atoms with Crippen LogP contribution in [0, 0.1) is 5.41 Å². The lowest BCUT2D eigenvalue weighted by atomic mass is 9.93. The van der Waals surface area contributed by atoms with E-state index in [2.05, 4.69) is 29.1 Å². The van der Waals surface area contributed by atoms with Gasteiger partial charge in [0.15, 0.2) is 15.8 Å².